The zero-order chi connectivity index (χ0) is 24.5. The van der Waals surface area contributed by atoms with E-state index in [2.05, 4.69) is 4.98 Å². The topological polar surface area (TPSA) is 167 Å². The fourth-order valence-electron chi connectivity index (χ4n) is 1.98. The number of amidine groups is 1. The fourth-order valence-corrected chi connectivity index (χ4v) is 2.87. The molecule has 0 atom stereocenters. The monoisotopic (exact) mass is 476 g/mol. The number of hydrogen-bond acceptors (Lipinski definition) is 8. The Bertz CT molecular complexity index is 962. The lowest BCUT2D eigenvalue weighted by Gasteiger charge is -2.18. The Morgan fingerprint density at radius 3 is 2.22 bits per heavy atom. The van der Waals surface area contributed by atoms with Crippen LogP contribution < -0.4 is 15.4 Å². The van der Waals surface area contributed by atoms with Gasteiger partial charge in [0.25, 0.3) is 0 Å². The number of nitrogens with two attached hydrogens (primary N) is 1. The molecular weight excluding hydrogens is 457 g/mol. The average Bonchev–Trinajstić information content (AvgIpc) is 3.18. The Morgan fingerprint density at radius 1 is 1.22 bits per heavy atom. The van der Waals surface area contributed by atoms with E-state index in [0.29, 0.717) is 34.4 Å². The van der Waals surface area contributed by atoms with Crippen LogP contribution in [-0.4, -0.2) is 58.2 Å². The zero-order valence-corrected chi connectivity index (χ0v) is 17.4. The number of nitrogens with one attached hydrogen (secondary N) is 1. The molecule has 0 amide bonds. The predicted molar refractivity (Wildman–Crippen MR) is 108 cm³/mol. The van der Waals surface area contributed by atoms with Gasteiger partial charge in [-0.1, -0.05) is 11.3 Å². The minimum Gasteiger partial charge on any atom is -0.481 e. The molecule has 10 nitrogen and oxygen atoms in total. The summed E-state index contributed by atoms with van der Waals surface area (Å²) in [5.74, 6) is -3.92. The van der Waals surface area contributed by atoms with Crippen molar-refractivity contribution in [2.45, 2.75) is 19.5 Å². The average molecular weight is 476 g/mol. The number of rotatable bonds is 8. The summed E-state index contributed by atoms with van der Waals surface area (Å²) >= 11 is 1.15. The summed E-state index contributed by atoms with van der Waals surface area (Å²) in [5, 5.41) is 23.8. The molecule has 0 radical (unpaired) electrons. The SMILES string of the molecule is CCN(CCC(=O)O)c1ncc(C(=O)Oc2ccc(C(=N)N)cc2)s1.O=C(O)C(F)(F)F. The molecule has 0 aliphatic heterocycles. The number of carbonyl (C=O) groups excluding carboxylic acids is 1. The van der Waals surface area contributed by atoms with Crippen molar-refractivity contribution in [1.82, 2.24) is 4.98 Å². The van der Waals surface area contributed by atoms with E-state index >= 15 is 0 Å². The van der Waals surface area contributed by atoms with Gasteiger partial charge in [-0.25, -0.2) is 14.6 Å². The molecule has 0 unspecified atom stereocenters. The van der Waals surface area contributed by atoms with Crippen LogP contribution in [0.2, 0.25) is 0 Å². The standard InChI is InChI=1S/C16H18N4O4S.C2HF3O2/c1-2-20(8-7-13(21)22)16-19-9-12(25-16)15(23)24-11-5-3-10(4-6-11)14(17)18;3-2(4,5)1(6)7/h3-6,9H,2,7-8H2,1H3,(H3,17,18)(H,21,22);(H,6,7). The van der Waals surface area contributed by atoms with Gasteiger partial charge >= 0.3 is 24.1 Å². The minimum absolute atomic E-state index is 0.00427. The van der Waals surface area contributed by atoms with Crippen molar-refractivity contribution in [1.29, 1.82) is 5.41 Å². The number of carboxylic acid groups (broad SMARTS) is 2. The van der Waals surface area contributed by atoms with Crippen LogP contribution in [-0.2, 0) is 9.59 Å². The number of hydrogen-bond donors (Lipinski definition) is 4. The first kappa shape index (κ1) is 26.4. The van der Waals surface area contributed by atoms with Crippen molar-refractivity contribution in [2.75, 3.05) is 18.0 Å². The summed E-state index contributed by atoms with van der Waals surface area (Å²) in [6.45, 7) is 2.79. The number of aromatic nitrogens is 1. The summed E-state index contributed by atoms with van der Waals surface area (Å²) in [6, 6.07) is 6.30. The lowest BCUT2D eigenvalue weighted by Crippen LogP contribution is -2.25. The Hall–Kier alpha value is -3.68. The highest BCUT2D eigenvalue weighted by molar-refractivity contribution is 7.17. The van der Waals surface area contributed by atoms with Crippen molar-refractivity contribution >= 4 is 40.2 Å². The molecule has 0 aliphatic carbocycles. The third-order valence-electron chi connectivity index (χ3n) is 3.56. The number of anilines is 1. The van der Waals surface area contributed by atoms with Crippen molar-refractivity contribution in [3.05, 3.63) is 40.9 Å². The molecule has 0 spiro atoms. The van der Waals surface area contributed by atoms with Gasteiger partial charge in [-0.3, -0.25) is 10.2 Å². The molecule has 5 N–H and O–H groups in total. The molecule has 0 aliphatic rings. The van der Waals surface area contributed by atoms with E-state index in [1.54, 1.807) is 29.2 Å². The number of ether oxygens (including phenoxy) is 1. The number of carbonyl (C=O) groups is 3. The molecule has 0 saturated heterocycles. The molecule has 1 aromatic heterocycles. The van der Waals surface area contributed by atoms with Crippen LogP contribution >= 0.6 is 11.3 Å². The maximum atomic E-state index is 12.2. The first-order valence-electron chi connectivity index (χ1n) is 8.74. The van der Waals surface area contributed by atoms with Gasteiger partial charge in [0.05, 0.1) is 12.6 Å². The van der Waals surface area contributed by atoms with E-state index in [1.165, 1.54) is 6.20 Å². The summed E-state index contributed by atoms with van der Waals surface area (Å²) in [4.78, 5) is 38.1. The third-order valence-corrected chi connectivity index (χ3v) is 4.60. The number of nitrogen functional groups attached to an aromatic ring is 1. The Balaban J connectivity index is 0.000000633. The third kappa shape index (κ3) is 8.59. The fraction of sp³-hybridized carbons (Fsp3) is 0.278. The number of halogens is 3. The Labute approximate surface area is 183 Å². The second-order valence-corrected chi connectivity index (χ2v) is 6.87. The number of benzene rings is 1. The van der Waals surface area contributed by atoms with Crippen molar-refractivity contribution in [2.24, 2.45) is 5.73 Å². The summed E-state index contributed by atoms with van der Waals surface area (Å²) in [5.41, 5.74) is 5.91. The van der Waals surface area contributed by atoms with Crippen LogP contribution in [0.4, 0.5) is 18.3 Å². The van der Waals surface area contributed by atoms with Crippen LogP contribution in [0.25, 0.3) is 0 Å². The van der Waals surface area contributed by atoms with E-state index in [4.69, 9.17) is 30.9 Å². The quantitative estimate of drug-likeness (QED) is 0.194. The van der Waals surface area contributed by atoms with Gasteiger partial charge in [0.2, 0.25) is 0 Å². The van der Waals surface area contributed by atoms with E-state index in [-0.39, 0.29) is 12.3 Å². The number of thiazole rings is 1. The molecule has 2 aromatic rings. The van der Waals surface area contributed by atoms with E-state index < -0.39 is 24.1 Å². The van der Waals surface area contributed by atoms with E-state index in [1.807, 2.05) is 6.92 Å². The predicted octanol–water partition coefficient (Wildman–Crippen LogP) is 2.58. The van der Waals surface area contributed by atoms with E-state index in [0.717, 1.165) is 11.3 Å². The number of esters is 1. The van der Waals surface area contributed by atoms with Crippen LogP contribution in [0, 0.1) is 5.41 Å². The highest BCUT2D eigenvalue weighted by Crippen LogP contribution is 2.24. The first-order valence-corrected chi connectivity index (χ1v) is 9.56. The van der Waals surface area contributed by atoms with Crippen LogP contribution in [0.3, 0.4) is 0 Å². The highest BCUT2D eigenvalue weighted by atomic mass is 32.1. The van der Waals surface area contributed by atoms with Crippen molar-refractivity contribution in [3.8, 4) is 5.75 Å². The van der Waals surface area contributed by atoms with Gasteiger partial charge in [0.15, 0.2) is 5.13 Å². The Morgan fingerprint density at radius 2 is 1.78 bits per heavy atom. The molecule has 174 valence electrons. The Kier molecular flexibility index (Phi) is 9.59. The summed E-state index contributed by atoms with van der Waals surface area (Å²) < 4.78 is 37.0. The molecule has 14 heteroatoms. The molecule has 0 saturated carbocycles. The van der Waals surface area contributed by atoms with Gasteiger partial charge in [-0.2, -0.15) is 13.2 Å². The molecule has 1 heterocycles. The van der Waals surface area contributed by atoms with Gasteiger partial charge < -0.3 is 25.6 Å². The lowest BCUT2D eigenvalue weighted by atomic mass is 10.2. The van der Waals surface area contributed by atoms with Gasteiger partial charge in [0, 0.05) is 18.7 Å². The molecule has 0 fully saturated rings. The van der Waals surface area contributed by atoms with E-state index in [9.17, 15) is 22.8 Å². The molecule has 0 bridgehead atoms. The molecular formula is C18H19F3N4O6S. The number of aliphatic carboxylic acids is 2. The smallest absolute Gasteiger partial charge is 0.481 e. The molecule has 32 heavy (non-hydrogen) atoms. The maximum absolute atomic E-state index is 12.2. The van der Waals surface area contributed by atoms with Crippen LogP contribution in [0.5, 0.6) is 5.75 Å². The zero-order valence-electron chi connectivity index (χ0n) is 16.5. The summed E-state index contributed by atoms with van der Waals surface area (Å²) in [7, 11) is 0. The second kappa shape index (κ2) is 11.6. The second-order valence-electron chi connectivity index (χ2n) is 5.86. The van der Waals surface area contributed by atoms with Gasteiger partial charge in [-0.15, -0.1) is 0 Å². The normalized spacial score (nSPS) is 10.5. The van der Waals surface area contributed by atoms with Crippen molar-refractivity contribution < 1.29 is 42.5 Å². The van der Waals surface area contributed by atoms with Gasteiger partial charge in [0.1, 0.15) is 16.5 Å². The maximum Gasteiger partial charge on any atom is 0.490 e. The molecule has 1 aromatic carbocycles. The number of nitrogens with zero attached hydrogens (tertiary/aromatic N) is 2. The number of alkyl halides is 3. The van der Waals surface area contributed by atoms with Gasteiger partial charge in [-0.05, 0) is 31.2 Å². The van der Waals surface area contributed by atoms with Crippen molar-refractivity contribution in [3.63, 3.8) is 0 Å². The van der Waals surface area contributed by atoms with Crippen LogP contribution in [0.15, 0.2) is 30.5 Å². The summed E-state index contributed by atoms with van der Waals surface area (Å²) in [6.07, 6.45) is -3.68. The number of carboxylic acids is 2. The first-order chi connectivity index (χ1) is 14.8. The highest BCUT2D eigenvalue weighted by Gasteiger charge is 2.38. The largest absolute Gasteiger partial charge is 0.490 e. The molecule has 2 rings (SSSR count). The van der Waals surface area contributed by atoms with Crippen LogP contribution in [0.1, 0.15) is 28.6 Å². The minimum atomic E-state index is -5.08. The lowest BCUT2D eigenvalue weighted by molar-refractivity contribution is -0.192.